The second kappa shape index (κ2) is 8.94. The monoisotopic (exact) mass is 468 g/mol. The second-order valence-electron chi connectivity index (χ2n) is 9.25. The molecule has 1 N–H and O–H groups in total. The fraction of sp³-hybridized carbons (Fsp3) is 0.600. The van der Waals surface area contributed by atoms with Gasteiger partial charge in [-0.1, -0.05) is 62.6 Å². The molecule has 2 saturated heterocycles. The van der Waals surface area contributed by atoms with Crippen LogP contribution in [0.3, 0.4) is 0 Å². The van der Waals surface area contributed by atoms with Crippen molar-refractivity contribution in [2.24, 2.45) is 16.7 Å². The van der Waals surface area contributed by atoms with Crippen molar-refractivity contribution in [2.45, 2.75) is 76.1 Å². The van der Waals surface area contributed by atoms with Crippen molar-refractivity contribution in [3.63, 3.8) is 0 Å². The summed E-state index contributed by atoms with van der Waals surface area (Å²) < 4.78 is 27.5. The number of halogens is 2. The lowest BCUT2D eigenvalue weighted by Crippen LogP contribution is -2.59. The lowest BCUT2D eigenvalue weighted by atomic mass is 9.52. The van der Waals surface area contributed by atoms with E-state index in [1.54, 1.807) is 0 Å². The topological polar surface area (TPSA) is 114 Å². The van der Waals surface area contributed by atoms with Crippen LogP contribution in [0.4, 0.5) is 4.39 Å². The summed E-state index contributed by atoms with van der Waals surface area (Å²) in [6.07, 6.45) is 7.16. The highest BCUT2D eigenvalue weighted by molar-refractivity contribution is 6.31. The SMILES string of the molecule is N#CC1(C#N)C(c2c(F)cccc2Cl)OC23CCCCCCCCCCC2C1(C#N)C(=N)O3. The predicted molar refractivity (Wildman–Crippen MR) is 118 cm³/mol. The predicted octanol–water partition coefficient (Wildman–Crippen LogP) is 6.33. The summed E-state index contributed by atoms with van der Waals surface area (Å²) in [5, 5.41) is 40.0. The Labute approximate surface area is 198 Å². The largest absolute Gasteiger partial charge is 0.447 e. The van der Waals surface area contributed by atoms with E-state index in [0.29, 0.717) is 12.8 Å². The van der Waals surface area contributed by atoms with Crippen molar-refractivity contribution in [1.82, 2.24) is 0 Å². The van der Waals surface area contributed by atoms with E-state index < -0.39 is 40.4 Å². The average molecular weight is 469 g/mol. The van der Waals surface area contributed by atoms with Gasteiger partial charge in [-0.2, -0.15) is 15.8 Å². The van der Waals surface area contributed by atoms with Gasteiger partial charge in [-0.05, 0) is 25.0 Å². The number of ether oxygens (including phenoxy) is 2. The molecule has 4 atom stereocenters. The first-order valence-electron chi connectivity index (χ1n) is 11.6. The van der Waals surface area contributed by atoms with Crippen molar-refractivity contribution in [3.05, 3.63) is 34.6 Å². The number of hydrogen-bond donors (Lipinski definition) is 1. The van der Waals surface area contributed by atoms with Crippen LogP contribution in [0.15, 0.2) is 18.2 Å². The summed E-state index contributed by atoms with van der Waals surface area (Å²) in [6, 6.07) is 10.2. The van der Waals surface area contributed by atoms with Crippen LogP contribution in [0.2, 0.25) is 5.02 Å². The molecule has 0 radical (unpaired) electrons. The first kappa shape index (κ1) is 23.5. The van der Waals surface area contributed by atoms with E-state index in [0.717, 1.165) is 51.4 Å². The summed E-state index contributed by atoms with van der Waals surface area (Å²) in [4.78, 5) is 0. The Morgan fingerprint density at radius 3 is 2.21 bits per heavy atom. The van der Waals surface area contributed by atoms with Crippen LogP contribution < -0.4 is 0 Å². The molecule has 8 heteroatoms. The van der Waals surface area contributed by atoms with Gasteiger partial charge in [0.1, 0.15) is 11.9 Å². The van der Waals surface area contributed by atoms with Gasteiger partial charge in [0.25, 0.3) is 0 Å². The molecule has 6 nitrogen and oxygen atoms in total. The van der Waals surface area contributed by atoms with Gasteiger partial charge in [0.05, 0.1) is 24.1 Å². The van der Waals surface area contributed by atoms with Crippen molar-refractivity contribution >= 4 is 17.5 Å². The molecule has 2 heterocycles. The Morgan fingerprint density at radius 1 is 0.970 bits per heavy atom. The van der Waals surface area contributed by atoms with Crippen LogP contribution in [0.25, 0.3) is 0 Å². The minimum absolute atomic E-state index is 0.00287. The Kier molecular flexibility index (Phi) is 6.37. The van der Waals surface area contributed by atoms with Crippen molar-refractivity contribution < 1.29 is 13.9 Å². The molecule has 0 aromatic heterocycles. The van der Waals surface area contributed by atoms with Crippen molar-refractivity contribution in [1.29, 1.82) is 21.2 Å². The molecule has 4 rings (SSSR count). The summed E-state index contributed by atoms with van der Waals surface area (Å²) in [7, 11) is 0. The molecule has 33 heavy (non-hydrogen) atoms. The molecule has 1 aromatic carbocycles. The maximum absolute atomic E-state index is 15.1. The minimum atomic E-state index is -2.20. The van der Waals surface area contributed by atoms with Crippen molar-refractivity contribution in [2.75, 3.05) is 0 Å². The highest BCUT2D eigenvalue weighted by atomic mass is 35.5. The summed E-state index contributed by atoms with van der Waals surface area (Å²) >= 11 is 6.35. The fourth-order valence-electron chi connectivity index (χ4n) is 5.94. The molecule has 3 aliphatic rings. The highest BCUT2D eigenvalue weighted by Gasteiger charge is 2.80. The standard InChI is InChI=1S/C25H26ClFN4O2/c26-17-10-9-11-18(27)20(17)21-23(14-28,15-29)24(16-30)19-12-7-5-3-1-2-4-6-8-13-25(19,32-21)33-22(24)31/h9-11,19,21,31H,1-8,12-13H2. The quantitative estimate of drug-likeness (QED) is 0.517. The third-order valence-corrected chi connectivity index (χ3v) is 7.91. The zero-order valence-electron chi connectivity index (χ0n) is 18.4. The van der Waals surface area contributed by atoms with Gasteiger partial charge in [0.15, 0.2) is 5.41 Å². The summed E-state index contributed by atoms with van der Waals surface area (Å²) in [6.45, 7) is 0. The van der Waals surface area contributed by atoms with Gasteiger partial charge in [0.2, 0.25) is 17.1 Å². The first-order chi connectivity index (χ1) is 15.9. The summed E-state index contributed by atoms with van der Waals surface area (Å²) in [5.74, 6) is -3.25. The van der Waals surface area contributed by atoms with Crippen LogP contribution in [0, 0.1) is 62.0 Å². The normalized spacial score (nSPS) is 33.7. The Balaban J connectivity index is 1.94. The molecule has 1 aliphatic carbocycles. The molecular weight excluding hydrogens is 443 g/mol. The van der Waals surface area contributed by atoms with Gasteiger partial charge in [-0.3, -0.25) is 5.41 Å². The molecule has 4 unspecified atom stereocenters. The smallest absolute Gasteiger partial charge is 0.217 e. The van der Waals surface area contributed by atoms with Gasteiger partial charge in [-0.25, -0.2) is 4.39 Å². The highest BCUT2D eigenvalue weighted by Crippen LogP contribution is 2.69. The number of nitriles is 3. The zero-order chi connectivity index (χ0) is 23.7. The van der Waals surface area contributed by atoms with E-state index in [1.807, 2.05) is 12.1 Å². The molecule has 0 amide bonds. The third kappa shape index (κ3) is 3.31. The van der Waals surface area contributed by atoms with E-state index >= 15 is 4.39 Å². The Morgan fingerprint density at radius 2 is 1.61 bits per heavy atom. The maximum atomic E-state index is 15.1. The fourth-order valence-corrected chi connectivity index (χ4v) is 6.20. The van der Waals surface area contributed by atoms with Crippen LogP contribution in [0.1, 0.15) is 75.9 Å². The molecule has 1 saturated carbocycles. The average Bonchev–Trinajstić information content (AvgIpc) is 2.97. The molecule has 3 fully saturated rings. The number of nitrogens with zero attached hydrogens (tertiary/aromatic N) is 3. The number of hydrogen-bond acceptors (Lipinski definition) is 6. The van der Waals surface area contributed by atoms with Crippen LogP contribution in [-0.2, 0) is 9.47 Å². The first-order valence-corrected chi connectivity index (χ1v) is 11.9. The van der Waals surface area contributed by atoms with E-state index in [1.165, 1.54) is 18.2 Å². The van der Waals surface area contributed by atoms with E-state index in [4.69, 9.17) is 26.5 Å². The number of rotatable bonds is 1. The minimum Gasteiger partial charge on any atom is -0.447 e. The lowest BCUT2D eigenvalue weighted by molar-refractivity contribution is -0.288. The lowest BCUT2D eigenvalue weighted by Gasteiger charge is -2.50. The van der Waals surface area contributed by atoms with Gasteiger partial charge >= 0.3 is 0 Å². The number of nitrogens with one attached hydrogen (secondary N) is 1. The van der Waals surface area contributed by atoms with E-state index in [-0.39, 0.29) is 10.6 Å². The molecule has 2 aliphatic heterocycles. The Bertz CT molecular complexity index is 1040. The molecule has 172 valence electrons. The third-order valence-electron chi connectivity index (χ3n) is 7.58. The molecule has 2 bridgehead atoms. The summed E-state index contributed by atoms with van der Waals surface area (Å²) in [5.41, 5.74) is -4.24. The van der Waals surface area contributed by atoms with Crippen LogP contribution >= 0.6 is 11.6 Å². The van der Waals surface area contributed by atoms with Crippen molar-refractivity contribution in [3.8, 4) is 18.2 Å². The zero-order valence-corrected chi connectivity index (χ0v) is 19.1. The maximum Gasteiger partial charge on any atom is 0.217 e. The Hall–Kier alpha value is -2.66. The van der Waals surface area contributed by atoms with Gasteiger partial charge < -0.3 is 9.47 Å². The molecule has 0 spiro atoms. The van der Waals surface area contributed by atoms with E-state index in [9.17, 15) is 15.8 Å². The van der Waals surface area contributed by atoms with Crippen LogP contribution in [-0.4, -0.2) is 11.7 Å². The van der Waals surface area contributed by atoms with Crippen LogP contribution in [0.5, 0.6) is 0 Å². The molecular formula is C25H26ClFN4O2. The van der Waals surface area contributed by atoms with E-state index in [2.05, 4.69) is 6.07 Å². The van der Waals surface area contributed by atoms with Gasteiger partial charge in [-0.15, -0.1) is 0 Å². The number of benzene rings is 1. The van der Waals surface area contributed by atoms with Gasteiger partial charge in [0, 0.05) is 17.0 Å². The second-order valence-corrected chi connectivity index (χ2v) is 9.65. The molecule has 1 aromatic rings.